The lowest BCUT2D eigenvalue weighted by Crippen LogP contribution is -2.56. The van der Waals surface area contributed by atoms with E-state index in [-0.39, 0.29) is 6.54 Å². The van der Waals surface area contributed by atoms with Crippen molar-refractivity contribution in [2.75, 3.05) is 6.54 Å². The van der Waals surface area contributed by atoms with E-state index < -0.39 is 41.2 Å². The van der Waals surface area contributed by atoms with Crippen molar-refractivity contribution in [3.63, 3.8) is 0 Å². The van der Waals surface area contributed by atoms with Crippen LogP contribution in [-0.2, 0) is 19.1 Å². The van der Waals surface area contributed by atoms with Crippen LogP contribution in [0.1, 0.15) is 54.4 Å². The van der Waals surface area contributed by atoms with Crippen molar-refractivity contribution in [2.45, 2.75) is 71.6 Å². The van der Waals surface area contributed by atoms with Gasteiger partial charge in [0, 0.05) is 6.54 Å². The van der Waals surface area contributed by atoms with Crippen molar-refractivity contribution in [1.82, 2.24) is 4.90 Å². The Morgan fingerprint density at radius 3 is 1.96 bits per heavy atom. The first kappa shape index (κ1) is 19.3. The number of amides is 1. The fraction of sp³-hybridized carbons (Fsp3) is 0.812. The first-order valence-corrected chi connectivity index (χ1v) is 7.77. The Bertz CT molecular complexity index is 474. The van der Waals surface area contributed by atoms with Crippen molar-refractivity contribution in [2.24, 2.45) is 5.92 Å². The SMILES string of the molecule is CC(C)(C)OC(=O)[C@H]1[C@@H](C(=O)O)CCCN1C(=O)OC(C)(C)C. The lowest BCUT2D eigenvalue weighted by Gasteiger charge is -2.39. The van der Waals surface area contributed by atoms with E-state index in [1.165, 1.54) is 4.90 Å². The van der Waals surface area contributed by atoms with Gasteiger partial charge in [0.15, 0.2) is 0 Å². The molecule has 1 fully saturated rings. The Balaban J connectivity index is 3.07. The van der Waals surface area contributed by atoms with E-state index >= 15 is 0 Å². The molecule has 0 aromatic heterocycles. The Hall–Kier alpha value is -1.79. The average molecular weight is 329 g/mol. The second-order valence-corrected chi connectivity index (χ2v) is 7.74. The van der Waals surface area contributed by atoms with Crippen LogP contribution in [0.5, 0.6) is 0 Å². The molecule has 0 spiro atoms. The summed E-state index contributed by atoms with van der Waals surface area (Å²) in [5, 5.41) is 9.40. The molecule has 7 heteroatoms. The van der Waals surface area contributed by atoms with Gasteiger partial charge in [-0.25, -0.2) is 9.59 Å². The van der Waals surface area contributed by atoms with E-state index in [0.717, 1.165) is 0 Å². The fourth-order valence-electron chi connectivity index (χ4n) is 2.43. The number of hydrogen-bond donors (Lipinski definition) is 1. The summed E-state index contributed by atoms with van der Waals surface area (Å²) in [5.74, 6) is -2.82. The highest BCUT2D eigenvalue weighted by atomic mass is 16.6. The molecule has 1 rings (SSSR count). The molecule has 1 saturated heterocycles. The molecule has 23 heavy (non-hydrogen) atoms. The van der Waals surface area contributed by atoms with Gasteiger partial charge in [0.2, 0.25) is 0 Å². The number of rotatable bonds is 2. The van der Waals surface area contributed by atoms with Gasteiger partial charge in [-0.3, -0.25) is 9.69 Å². The summed E-state index contributed by atoms with van der Waals surface area (Å²) in [4.78, 5) is 37.5. The predicted molar refractivity (Wildman–Crippen MR) is 82.9 cm³/mol. The van der Waals surface area contributed by atoms with Gasteiger partial charge < -0.3 is 14.6 Å². The normalized spacial score (nSPS) is 22.4. The third-order valence-corrected chi connectivity index (χ3v) is 3.22. The van der Waals surface area contributed by atoms with Crippen molar-refractivity contribution in [3.8, 4) is 0 Å². The number of piperidine rings is 1. The fourth-order valence-corrected chi connectivity index (χ4v) is 2.43. The molecule has 1 heterocycles. The molecule has 2 atom stereocenters. The summed E-state index contributed by atoms with van der Waals surface area (Å²) in [5.41, 5.74) is -1.50. The van der Waals surface area contributed by atoms with Crippen molar-refractivity contribution in [3.05, 3.63) is 0 Å². The smallest absolute Gasteiger partial charge is 0.411 e. The number of carbonyl (C=O) groups is 3. The summed E-state index contributed by atoms with van der Waals surface area (Å²) in [6.07, 6.45) is 0.118. The molecule has 0 aromatic rings. The summed E-state index contributed by atoms with van der Waals surface area (Å²) in [6, 6.07) is -1.17. The number of hydrogen-bond acceptors (Lipinski definition) is 5. The molecule has 0 bridgehead atoms. The maximum absolute atomic E-state index is 12.5. The van der Waals surface area contributed by atoms with Gasteiger partial charge in [0.05, 0.1) is 5.92 Å². The van der Waals surface area contributed by atoms with Gasteiger partial charge in [0.25, 0.3) is 0 Å². The lowest BCUT2D eigenvalue weighted by atomic mass is 9.89. The van der Waals surface area contributed by atoms with Gasteiger partial charge in [-0.1, -0.05) is 0 Å². The lowest BCUT2D eigenvalue weighted by molar-refractivity contribution is -0.170. The maximum atomic E-state index is 12.5. The Morgan fingerprint density at radius 1 is 1.00 bits per heavy atom. The molecule has 132 valence electrons. The number of carbonyl (C=O) groups excluding carboxylic acids is 2. The van der Waals surface area contributed by atoms with Crippen LogP contribution in [0, 0.1) is 5.92 Å². The van der Waals surface area contributed by atoms with E-state index in [9.17, 15) is 19.5 Å². The molecule has 0 saturated carbocycles. The van der Waals surface area contributed by atoms with E-state index in [1.807, 2.05) is 0 Å². The standard InChI is InChI=1S/C16H27NO6/c1-15(2,3)22-13(20)11-10(12(18)19)8-7-9-17(11)14(21)23-16(4,5)6/h10-11H,7-9H2,1-6H3,(H,18,19)/t10-,11+/m0/s1. The quantitative estimate of drug-likeness (QED) is 0.782. The molecule has 1 aliphatic heterocycles. The van der Waals surface area contributed by atoms with Crippen LogP contribution in [0.4, 0.5) is 4.79 Å². The van der Waals surface area contributed by atoms with Crippen LogP contribution in [0.2, 0.25) is 0 Å². The molecular weight excluding hydrogens is 302 g/mol. The topological polar surface area (TPSA) is 93.1 Å². The second kappa shape index (κ2) is 6.76. The minimum absolute atomic E-state index is 0.266. The molecule has 1 aliphatic rings. The number of aliphatic carboxylic acids is 1. The highest BCUT2D eigenvalue weighted by Crippen LogP contribution is 2.28. The molecule has 1 amide bonds. The van der Waals surface area contributed by atoms with Crippen molar-refractivity contribution >= 4 is 18.0 Å². The predicted octanol–water partition coefficient (Wildman–Crippen LogP) is 2.43. The Labute approximate surface area is 136 Å². The summed E-state index contributed by atoms with van der Waals surface area (Å²) in [6.45, 7) is 10.5. The van der Waals surface area contributed by atoms with Crippen LogP contribution < -0.4 is 0 Å². The van der Waals surface area contributed by atoms with E-state index in [1.54, 1.807) is 41.5 Å². The highest BCUT2D eigenvalue weighted by Gasteiger charge is 2.46. The number of likely N-dealkylation sites (tertiary alicyclic amines) is 1. The van der Waals surface area contributed by atoms with Crippen molar-refractivity contribution in [1.29, 1.82) is 0 Å². The minimum Gasteiger partial charge on any atom is -0.481 e. The first-order valence-electron chi connectivity index (χ1n) is 7.77. The summed E-state index contributed by atoms with van der Waals surface area (Å²) in [7, 11) is 0. The van der Waals surface area contributed by atoms with Crippen molar-refractivity contribution < 1.29 is 29.0 Å². The zero-order valence-electron chi connectivity index (χ0n) is 14.7. The molecule has 0 aliphatic carbocycles. The zero-order valence-corrected chi connectivity index (χ0v) is 14.7. The molecule has 0 unspecified atom stereocenters. The zero-order chi connectivity index (χ0) is 18.0. The molecule has 7 nitrogen and oxygen atoms in total. The third kappa shape index (κ3) is 5.73. The average Bonchev–Trinajstić information content (AvgIpc) is 2.33. The van der Waals surface area contributed by atoms with Gasteiger partial charge in [-0.05, 0) is 54.4 Å². The largest absolute Gasteiger partial charge is 0.481 e. The number of carboxylic acid groups (broad SMARTS) is 1. The van der Waals surface area contributed by atoms with Crippen LogP contribution in [0.3, 0.4) is 0 Å². The van der Waals surface area contributed by atoms with Gasteiger partial charge >= 0.3 is 18.0 Å². The second-order valence-electron chi connectivity index (χ2n) is 7.74. The van der Waals surface area contributed by atoms with Gasteiger partial charge in [-0.15, -0.1) is 0 Å². The van der Waals surface area contributed by atoms with E-state index in [2.05, 4.69) is 0 Å². The molecule has 0 aromatic carbocycles. The third-order valence-electron chi connectivity index (χ3n) is 3.22. The van der Waals surface area contributed by atoms with Crippen LogP contribution in [0.15, 0.2) is 0 Å². The number of ether oxygens (including phenoxy) is 2. The Kier molecular flexibility index (Phi) is 5.66. The minimum atomic E-state index is -1.17. The summed E-state index contributed by atoms with van der Waals surface area (Å²) >= 11 is 0. The van der Waals surface area contributed by atoms with Gasteiger partial charge in [0.1, 0.15) is 17.2 Å². The van der Waals surface area contributed by atoms with E-state index in [0.29, 0.717) is 12.8 Å². The van der Waals surface area contributed by atoms with Crippen LogP contribution in [-0.4, -0.2) is 51.8 Å². The number of nitrogens with zero attached hydrogens (tertiary/aromatic N) is 1. The molecule has 0 radical (unpaired) electrons. The first-order chi connectivity index (χ1) is 10.3. The molecule has 1 N–H and O–H groups in total. The van der Waals surface area contributed by atoms with E-state index in [4.69, 9.17) is 9.47 Å². The van der Waals surface area contributed by atoms with Gasteiger partial charge in [-0.2, -0.15) is 0 Å². The Morgan fingerprint density at radius 2 is 1.52 bits per heavy atom. The van der Waals surface area contributed by atoms with Crippen LogP contribution in [0.25, 0.3) is 0 Å². The molecular formula is C16H27NO6. The maximum Gasteiger partial charge on any atom is 0.411 e. The number of carboxylic acids is 1. The summed E-state index contributed by atoms with van der Waals surface area (Å²) < 4.78 is 10.6. The van der Waals surface area contributed by atoms with Crippen LogP contribution >= 0.6 is 0 Å². The number of esters is 1. The monoisotopic (exact) mass is 329 g/mol. The highest BCUT2D eigenvalue weighted by molar-refractivity contribution is 5.88.